The molecular weight excluding hydrogens is 195 g/mol. The number of halogens is 3. The summed E-state index contributed by atoms with van der Waals surface area (Å²) in [5.74, 6) is -4.72. The summed E-state index contributed by atoms with van der Waals surface area (Å²) in [5.41, 5.74) is -0.899. The molecule has 0 aliphatic heterocycles. The summed E-state index contributed by atoms with van der Waals surface area (Å²) < 4.78 is 43.6. The first-order valence-corrected chi connectivity index (χ1v) is 3.65. The third kappa shape index (κ3) is 1.29. The molecule has 5 heteroatoms. The minimum atomic E-state index is -1.42. The molecule has 0 aromatic heterocycles. The van der Waals surface area contributed by atoms with E-state index in [1.807, 2.05) is 0 Å². The summed E-state index contributed by atoms with van der Waals surface area (Å²) in [7, 11) is 0.997. The van der Waals surface area contributed by atoms with Crippen LogP contribution in [0.1, 0.15) is 11.1 Å². The molecule has 1 aromatic rings. The highest BCUT2D eigenvalue weighted by Crippen LogP contribution is 2.29. The van der Waals surface area contributed by atoms with Gasteiger partial charge in [-0.1, -0.05) is 0 Å². The normalized spacial score (nSPS) is 9.71. The molecule has 0 saturated carbocycles. The van der Waals surface area contributed by atoms with Gasteiger partial charge in [-0.05, 0) is 6.92 Å². The maximum Gasteiger partial charge on any atom is 0.204 e. The molecule has 0 bridgehead atoms. The summed E-state index contributed by atoms with van der Waals surface area (Å²) in [6, 6.07) is 1.44. The summed E-state index contributed by atoms with van der Waals surface area (Å²) >= 11 is 0. The zero-order valence-corrected chi connectivity index (χ0v) is 7.49. The van der Waals surface area contributed by atoms with Crippen LogP contribution in [0.25, 0.3) is 0 Å². The van der Waals surface area contributed by atoms with Gasteiger partial charge in [-0.25, -0.2) is 8.78 Å². The number of rotatable bonds is 1. The van der Waals surface area contributed by atoms with Gasteiger partial charge in [0.2, 0.25) is 5.82 Å². The molecule has 0 spiro atoms. The second-order valence-electron chi connectivity index (χ2n) is 2.59. The molecule has 0 fully saturated rings. The summed E-state index contributed by atoms with van der Waals surface area (Å²) in [4.78, 5) is 0. The second kappa shape index (κ2) is 3.58. The van der Waals surface area contributed by atoms with Crippen molar-refractivity contribution in [2.45, 2.75) is 6.92 Å². The molecule has 0 radical (unpaired) electrons. The minimum absolute atomic E-state index is 0.358. The van der Waals surface area contributed by atoms with Crippen LogP contribution in [0.2, 0.25) is 0 Å². The number of hydrogen-bond donors (Lipinski definition) is 0. The highest BCUT2D eigenvalue weighted by Gasteiger charge is 2.23. The van der Waals surface area contributed by atoms with E-state index in [-0.39, 0.29) is 5.56 Å². The number of benzene rings is 1. The van der Waals surface area contributed by atoms with Gasteiger partial charge in [-0.3, -0.25) is 0 Å². The zero-order chi connectivity index (χ0) is 10.9. The topological polar surface area (TPSA) is 33.0 Å². The highest BCUT2D eigenvalue weighted by molar-refractivity contribution is 5.46. The SMILES string of the molecule is COc1c(F)c(F)c(C)c(C#N)c1F. The molecule has 1 aromatic carbocycles. The third-order valence-electron chi connectivity index (χ3n) is 1.83. The van der Waals surface area contributed by atoms with Crippen LogP contribution in [0, 0.1) is 35.7 Å². The lowest BCUT2D eigenvalue weighted by Crippen LogP contribution is -2.03. The molecule has 74 valence electrons. The van der Waals surface area contributed by atoms with E-state index in [1.165, 1.54) is 6.07 Å². The lowest BCUT2D eigenvalue weighted by atomic mass is 10.1. The molecule has 0 saturated heterocycles. The predicted molar refractivity (Wildman–Crippen MR) is 42.3 cm³/mol. The second-order valence-corrected chi connectivity index (χ2v) is 2.59. The van der Waals surface area contributed by atoms with Crippen LogP contribution in [-0.2, 0) is 0 Å². The lowest BCUT2D eigenvalue weighted by Gasteiger charge is -2.08. The Labute approximate surface area is 78.5 Å². The first kappa shape index (κ1) is 10.4. The van der Waals surface area contributed by atoms with Crippen LogP contribution in [0.4, 0.5) is 13.2 Å². The molecule has 14 heavy (non-hydrogen) atoms. The Bertz CT molecular complexity index is 420. The third-order valence-corrected chi connectivity index (χ3v) is 1.83. The maximum absolute atomic E-state index is 13.2. The van der Waals surface area contributed by atoms with Crippen LogP contribution >= 0.6 is 0 Å². The average molecular weight is 201 g/mol. The molecule has 0 amide bonds. The van der Waals surface area contributed by atoms with E-state index >= 15 is 0 Å². The van der Waals surface area contributed by atoms with Crippen LogP contribution in [-0.4, -0.2) is 7.11 Å². The van der Waals surface area contributed by atoms with Crippen molar-refractivity contribution in [2.75, 3.05) is 7.11 Å². The van der Waals surface area contributed by atoms with E-state index in [4.69, 9.17) is 5.26 Å². The standard InChI is InChI=1S/C9H6F3NO/c1-4-5(3-13)7(11)9(14-2)8(12)6(4)10/h1-2H3. The van der Waals surface area contributed by atoms with Crippen LogP contribution in [0.5, 0.6) is 5.75 Å². The molecule has 0 atom stereocenters. The number of ether oxygens (including phenoxy) is 1. The highest BCUT2D eigenvalue weighted by atomic mass is 19.2. The van der Waals surface area contributed by atoms with Crippen LogP contribution in [0.15, 0.2) is 0 Å². The molecule has 0 aliphatic rings. The fourth-order valence-corrected chi connectivity index (χ4v) is 1.06. The van der Waals surface area contributed by atoms with Gasteiger partial charge in [0.1, 0.15) is 6.07 Å². The quantitative estimate of drug-likeness (QED) is 0.653. The van der Waals surface area contributed by atoms with E-state index in [0.29, 0.717) is 0 Å². The Morgan fingerprint density at radius 1 is 1.14 bits per heavy atom. The Balaban J connectivity index is 3.67. The first-order valence-electron chi connectivity index (χ1n) is 3.65. The van der Waals surface area contributed by atoms with Crippen molar-refractivity contribution >= 4 is 0 Å². The number of nitrogens with zero attached hydrogens (tertiary/aromatic N) is 1. The van der Waals surface area contributed by atoms with Crippen LogP contribution < -0.4 is 4.74 Å². The van der Waals surface area contributed by atoms with E-state index in [1.54, 1.807) is 0 Å². The van der Waals surface area contributed by atoms with Gasteiger partial charge in [-0.2, -0.15) is 9.65 Å². The van der Waals surface area contributed by atoms with Crippen molar-refractivity contribution in [3.8, 4) is 11.8 Å². The van der Waals surface area contributed by atoms with Gasteiger partial charge in [-0.15, -0.1) is 0 Å². The first-order chi connectivity index (χ1) is 6.54. The van der Waals surface area contributed by atoms with Crippen molar-refractivity contribution in [2.24, 2.45) is 0 Å². The zero-order valence-electron chi connectivity index (χ0n) is 7.49. The Morgan fingerprint density at radius 3 is 2.14 bits per heavy atom. The number of hydrogen-bond acceptors (Lipinski definition) is 2. The molecule has 1 rings (SSSR count). The predicted octanol–water partition coefficient (Wildman–Crippen LogP) is 2.29. The van der Waals surface area contributed by atoms with Crippen molar-refractivity contribution in [1.82, 2.24) is 0 Å². The van der Waals surface area contributed by atoms with Crippen molar-refractivity contribution in [3.05, 3.63) is 28.6 Å². The summed E-state index contributed by atoms with van der Waals surface area (Å²) in [5, 5.41) is 8.50. The smallest absolute Gasteiger partial charge is 0.204 e. The van der Waals surface area contributed by atoms with Gasteiger partial charge >= 0.3 is 0 Å². The van der Waals surface area contributed by atoms with Crippen LogP contribution in [0.3, 0.4) is 0 Å². The Kier molecular flexibility index (Phi) is 2.65. The average Bonchev–Trinajstić information content (AvgIpc) is 2.16. The molecular formula is C9H6F3NO. The molecule has 0 heterocycles. The summed E-state index contributed by atoms with van der Waals surface area (Å²) in [6.07, 6.45) is 0. The van der Waals surface area contributed by atoms with E-state index in [0.717, 1.165) is 14.0 Å². The van der Waals surface area contributed by atoms with E-state index in [9.17, 15) is 13.2 Å². The van der Waals surface area contributed by atoms with Gasteiger partial charge in [0.15, 0.2) is 17.4 Å². The van der Waals surface area contributed by atoms with Crippen molar-refractivity contribution in [1.29, 1.82) is 5.26 Å². The molecule has 0 aliphatic carbocycles. The van der Waals surface area contributed by atoms with E-state index < -0.39 is 28.8 Å². The fraction of sp³-hybridized carbons (Fsp3) is 0.222. The Morgan fingerprint density at radius 2 is 1.71 bits per heavy atom. The maximum atomic E-state index is 13.2. The lowest BCUT2D eigenvalue weighted by molar-refractivity contribution is 0.345. The monoisotopic (exact) mass is 201 g/mol. The number of methoxy groups -OCH3 is 1. The largest absolute Gasteiger partial charge is 0.491 e. The number of nitriles is 1. The van der Waals surface area contributed by atoms with Gasteiger partial charge in [0, 0.05) is 5.56 Å². The van der Waals surface area contributed by atoms with Gasteiger partial charge < -0.3 is 4.74 Å². The van der Waals surface area contributed by atoms with Crippen molar-refractivity contribution in [3.63, 3.8) is 0 Å². The van der Waals surface area contributed by atoms with Gasteiger partial charge in [0.05, 0.1) is 12.7 Å². The molecule has 2 nitrogen and oxygen atoms in total. The Hall–Kier alpha value is -1.70. The summed E-state index contributed by atoms with van der Waals surface area (Å²) in [6.45, 7) is 1.12. The molecule has 0 N–H and O–H groups in total. The molecule has 0 unspecified atom stereocenters. The van der Waals surface area contributed by atoms with E-state index in [2.05, 4.69) is 4.74 Å². The van der Waals surface area contributed by atoms with Gasteiger partial charge in [0.25, 0.3) is 0 Å². The fourth-order valence-electron chi connectivity index (χ4n) is 1.06. The van der Waals surface area contributed by atoms with Crippen molar-refractivity contribution < 1.29 is 17.9 Å². The minimum Gasteiger partial charge on any atom is -0.491 e.